The van der Waals surface area contributed by atoms with Crippen molar-refractivity contribution in [1.82, 2.24) is 0 Å². The summed E-state index contributed by atoms with van der Waals surface area (Å²) < 4.78 is 21.3. The molecule has 3 rings (SSSR count). The Labute approximate surface area is 176 Å². The van der Waals surface area contributed by atoms with E-state index in [0.29, 0.717) is 23.7 Å². The fourth-order valence-corrected chi connectivity index (χ4v) is 3.81. The van der Waals surface area contributed by atoms with Gasteiger partial charge < -0.3 is 18.9 Å². The minimum atomic E-state index is -0.888. The van der Waals surface area contributed by atoms with Gasteiger partial charge in [0.1, 0.15) is 11.7 Å². The Morgan fingerprint density at radius 3 is 2.43 bits per heavy atom. The molecule has 0 heterocycles. The van der Waals surface area contributed by atoms with Gasteiger partial charge in [0.2, 0.25) is 0 Å². The van der Waals surface area contributed by atoms with Crippen molar-refractivity contribution in [2.24, 2.45) is 5.92 Å². The number of rotatable bonds is 7. The van der Waals surface area contributed by atoms with Crippen LogP contribution in [0.15, 0.2) is 48.5 Å². The highest BCUT2D eigenvalue weighted by Gasteiger charge is 2.40. The summed E-state index contributed by atoms with van der Waals surface area (Å²) in [6, 6.07) is 13.0. The van der Waals surface area contributed by atoms with Gasteiger partial charge in [-0.3, -0.25) is 9.59 Å². The predicted octanol–water partition coefficient (Wildman–Crippen LogP) is 4.03. The summed E-state index contributed by atoms with van der Waals surface area (Å²) in [4.78, 5) is 25.7. The molecular weight excluding hydrogens is 384 g/mol. The first-order valence-electron chi connectivity index (χ1n) is 9.79. The molecule has 0 aromatic heterocycles. The van der Waals surface area contributed by atoms with Crippen molar-refractivity contribution in [2.75, 3.05) is 27.9 Å². The number of benzene rings is 2. The molecule has 1 aliphatic rings. The molecule has 0 saturated heterocycles. The molecule has 0 N–H and O–H groups in total. The lowest BCUT2D eigenvalue weighted by Gasteiger charge is -2.29. The van der Waals surface area contributed by atoms with E-state index >= 15 is 0 Å². The van der Waals surface area contributed by atoms with Crippen LogP contribution in [-0.4, -0.2) is 39.7 Å². The lowest BCUT2D eigenvalue weighted by molar-refractivity contribution is -0.151. The van der Waals surface area contributed by atoms with Gasteiger partial charge in [-0.15, -0.1) is 0 Å². The smallest absolute Gasteiger partial charge is 0.317 e. The molecule has 6 heteroatoms. The summed E-state index contributed by atoms with van der Waals surface area (Å²) in [6.45, 7) is 1.95. The molecule has 0 fully saturated rings. The summed E-state index contributed by atoms with van der Waals surface area (Å²) in [6.07, 6.45) is 2.04. The molecule has 1 aliphatic carbocycles. The van der Waals surface area contributed by atoms with E-state index in [1.165, 1.54) is 0 Å². The number of methoxy groups -OCH3 is 3. The normalized spacial score (nSPS) is 18.4. The van der Waals surface area contributed by atoms with Gasteiger partial charge in [-0.25, -0.2) is 0 Å². The van der Waals surface area contributed by atoms with Gasteiger partial charge in [0, 0.05) is 5.92 Å². The molecule has 2 unspecified atom stereocenters. The number of allylic oxidation sites excluding steroid dienone is 2. The lowest BCUT2D eigenvalue weighted by Crippen LogP contribution is -2.34. The van der Waals surface area contributed by atoms with Crippen LogP contribution in [0.4, 0.5) is 0 Å². The van der Waals surface area contributed by atoms with Crippen LogP contribution in [0.5, 0.6) is 17.2 Å². The summed E-state index contributed by atoms with van der Waals surface area (Å²) >= 11 is 0. The quantitative estimate of drug-likeness (QED) is 0.507. The van der Waals surface area contributed by atoms with Crippen LogP contribution in [0, 0.1) is 5.92 Å². The van der Waals surface area contributed by atoms with E-state index in [1.807, 2.05) is 36.4 Å². The van der Waals surface area contributed by atoms with Crippen LogP contribution in [0.25, 0.3) is 5.57 Å². The second-order valence-electron chi connectivity index (χ2n) is 6.96. The van der Waals surface area contributed by atoms with Crippen LogP contribution in [0.1, 0.15) is 30.4 Å². The Morgan fingerprint density at radius 1 is 1.00 bits per heavy atom. The Morgan fingerprint density at radius 2 is 1.77 bits per heavy atom. The molecule has 0 aliphatic heterocycles. The third-order valence-corrected chi connectivity index (χ3v) is 5.28. The van der Waals surface area contributed by atoms with Crippen molar-refractivity contribution in [3.8, 4) is 17.2 Å². The standard InChI is InChI=1S/C24H26O6/c1-5-30-24(26)23-19(16-7-6-8-18(11-16)27-2)12-17(13-20(23)25)15-9-10-21(28-3)22(14-15)29-4/h6-11,13-14,19,23H,5,12H2,1-4H3. The van der Waals surface area contributed by atoms with Gasteiger partial charge in [-0.05, 0) is 60.4 Å². The molecule has 0 radical (unpaired) electrons. The number of esters is 1. The number of ether oxygens (including phenoxy) is 4. The molecule has 2 aromatic rings. The van der Waals surface area contributed by atoms with E-state index < -0.39 is 11.9 Å². The zero-order chi connectivity index (χ0) is 21.7. The van der Waals surface area contributed by atoms with Crippen molar-refractivity contribution in [3.05, 3.63) is 59.7 Å². The van der Waals surface area contributed by atoms with Gasteiger partial charge in [0.25, 0.3) is 0 Å². The van der Waals surface area contributed by atoms with E-state index in [9.17, 15) is 9.59 Å². The highest BCUT2D eigenvalue weighted by Crippen LogP contribution is 2.42. The first kappa shape index (κ1) is 21.4. The highest BCUT2D eigenvalue weighted by atomic mass is 16.5. The number of ketones is 1. The second-order valence-corrected chi connectivity index (χ2v) is 6.96. The maximum atomic E-state index is 13.0. The molecule has 30 heavy (non-hydrogen) atoms. The monoisotopic (exact) mass is 410 g/mol. The predicted molar refractivity (Wildman–Crippen MR) is 113 cm³/mol. The molecule has 0 saturated carbocycles. The molecular formula is C24H26O6. The van der Waals surface area contributed by atoms with Crippen LogP contribution in [-0.2, 0) is 14.3 Å². The van der Waals surface area contributed by atoms with Crippen LogP contribution >= 0.6 is 0 Å². The molecule has 0 amide bonds. The second kappa shape index (κ2) is 9.48. The van der Waals surface area contributed by atoms with E-state index in [0.717, 1.165) is 16.7 Å². The van der Waals surface area contributed by atoms with Crippen molar-refractivity contribution in [2.45, 2.75) is 19.3 Å². The van der Waals surface area contributed by atoms with Gasteiger partial charge in [-0.2, -0.15) is 0 Å². The Bertz CT molecular complexity index is 962. The van der Waals surface area contributed by atoms with Gasteiger partial charge >= 0.3 is 5.97 Å². The minimum Gasteiger partial charge on any atom is -0.497 e. The van der Waals surface area contributed by atoms with E-state index in [-0.39, 0.29) is 18.3 Å². The maximum Gasteiger partial charge on any atom is 0.317 e. The fourth-order valence-electron chi connectivity index (χ4n) is 3.81. The van der Waals surface area contributed by atoms with E-state index in [2.05, 4.69) is 0 Å². The number of hydrogen-bond donors (Lipinski definition) is 0. The summed E-state index contributed by atoms with van der Waals surface area (Å²) in [5.74, 6) is -0.160. The summed E-state index contributed by atoms with van der Waals surface area (Å²) in [7, 11) is 4.73. The minimum absolute atomic E-state index is 0.222. The number of carbonyl (C=O) groups is 2. The van der Waals surface area contributed by atoms with Gasteiger partial charge in [0.15, 0.2) is 17.3 Å². The molecule has 158 valence electrons. The van der Waals surface area contributed by atoms with Crippen LogP contribution in [0.3, 0.4) is 0 Å². The average Bonchev–Trinajstić information content (AvgIpc) is 2.78. The number of carbonyl (C=O) groups excluding carboxylic acids is 2. The molecule has 0 spiro atoms. The molecule has 0 bridgehead atoms. The van der Waals surface area contributed by atoms with Crippen molar-refractivity contribution in [3.63, 3.8) is 0 Å². The van der Waals surface area contributed by atoms with Crippen molar-refractivity contribution in [1.29, 1.82) is 0 Å². The largest absolute Gasteiger partial charge is 0.497 e. The van der Waals surface area contributed by atoms with Crippen molar-refractivity contribution >= 4 is 17.3 Å². The maximum absolute atomic E-state index is 13.0. The Balaban J connectivity index is 2.05. The zero-order valence-corrected chi connectivity index (χ0v) is 17.6. The average molecular weight is 410 g/mol. The molecule has 6 nitrogen and oxygen atoms in total. The lowest BCUT2D eigenvalue weighted by atomic mass is 9.73. The van der Waals surface area contributed by atoms with E-state index in [1.54, 1.807) is 40.4 Å². The third kappa shape index (κ3) is 4.32. The first-order chi connectivity index (χ1) is 14.5. The third-order valence-electron chi connectivity index (χ3n) is 5.28. The van der Waals surface area contributed by atoms with E-state index in [4.69, 9.17) is 18.9 Å². The molecule has 2 aromatic carbocycles. The highest BCUT2D eigenvalue weighted by molar-refractivity contribution is 6.10. The Hall–Kier alpha value is -3.28. The number of hydrogen-bond acceptors (Lipinski definition) is 6. The zero-order valence-electron chi connectivity index (χ0n) is 17.6. The fraction of sp³-hybridized carbons (Fsp3) is 0.333. The Kier molecular flexibility index (Phi) is 6.77. The molecule has 2 atom stereocenters. The van der Waals surface area contributed by atoms with Gasteiger partial charge in [-0.1, -0.05) is 18.2 Å². The first-order valence-corrected chi connectivity index (χ1v) is 9.79. The van der Waals surface area contributed by atoms with Crippen molar-refractivity contribution < 1.29 is 28.5 Å². The van der Waals surface area contributed by atoms with Crippen LogP contribution in [0.2, 0.25) is 0 Å². The van der Waals surface area contributed by atoms with Gasteiger partial charge in [0.05, 0.1) is 27.9 Å². The van der Waals surface area contributed by atoms with Crippen LogP contribution < -0.4 is 14.2 Å². The summed E-state index contributed by atoms with van der Waals surface area (Å²) in [5, 5.41) is 0. The SMILES string of the molecule is CCOC(=O)C1C(=O)C=C(c2ccc(OC)c(OC)c2)CC1c1cccc(OC)c1. The topological polar surface area (TPSA) is 71.1 Å². The summed E-state index contributed by atoms with van der Waals surface area (Å²) in [5.41, 5.74) is 2.53.